The minimum absolute atomic E-state index is 0.0716. The van der Waals surface area contributed by atoms with Crippen LogP contribution in [0.5, 0.6) is 0 Å². The molecular weight excluding hydrogens is 358 g/mol. The molecule has 0 saturated heterocycles. The van der Waals surface area contributed by atoms with E-state index in [2.05, 4.69) is 12.2 Å². The number of amides is 1. The van der Waals surface area contributed by atoms with Crippen molar-refractivity contribution in [1.82, 2.24) is 5.32 Å². The van der Waals surface area contributed by atoms with Gasteiger partial charge in [-0.3, -0.25) is 4.79 Å². The van der Waals surface area contributed by atoms with E-state index in [0.717, 1.165) is 17.8 Å². The van der Waals surface area contributed by atoms with Gasteiger partial charge < -0.3 is 10.4 Å². The second-order valence-corrected chi connectivity index (χ2v) is 9.92. The lowest BCUT2D eigenvalue weighted by molar-refractivity contribution is -0.141. The summed E-state index contributed by atoms with van der Waals surface area (Å²) in [6.07, 6.45) is 7.86. The van der Waals surface area contributed by atoms with E-state index in [-0.39, 0.29) is 17.4 Å². The molecule has 0 radical (unpaired) electrons. The third-order valence-corrected chi connectivity index (χ3v) is 8.06. The summed E-state index contributed by atoms with van der Waals surface area (Å²) in [5.41, 5.74) is -0.250. The maximum Gasteiger partial charge on any atom is 0.261 e. The monoisotopic (exact) mass is 389 g/mol. The topological polar surface area (TPSA) is 49.3 Å². The smallest absolute Gasteiger partial charge is 0.261 e. The molecule has 29 heavy (non-hydrogen) atoms. The lowest BCUT2D eigenvalue weighted by atomic mass is 9.48. The molecular formula is C26H31NO2. The molecule has 0 aromatic heterocycles. The lowest BCUT2D eigenvalue weighted by Gasteiger charge is -2.59. The summed E-state index contributed by atoms with van der Waals surface area (Å²) in [5.74, 6) is 2.20. The van der Waals surface area contributed by atoms with Crippen molar-refractivity contribution in [2.45, 2.75) is 57.1 Å². The van der Waals surface area contributed by atoms with Crippen LogP contribution >= 0.6 is 0 Å². The average molecular weight is 390 g/mol. The van der Waals surface area contributed by atoms with E-state index in [4.69, 9.17) is 0 Å². The number of hydrogen-bond acceptors (Lipinski definition) is 2. The standard InChI is InChI=1S/C26H31NO2/c1-18(25-15-19-12-20(16-25)14-21(13-19)17-25)27-24(28)26(29,22-8-4-2-5-9-22)23-10-6-3-7-11-23/h2-11,18-21,29H,12-17H2,1H3,(H,27,28). The normalized spacial score (nSPS) is 31.4. The fourth-order valence-corrected chi connectivity index (χ4v) is 6.95. The van der Waals surface area contributed by atoms with Gasteiger partial charge in [0.2, 0.25) is 0 Å². The first-order valence-electron chi connectivity index (χ1n) is 11.1. The molecule has 1 atom stereocenters. The van der Waals surface area contributed by atoms with Crippen molar-refractivity contribution >= 4 is 5.91 Å². The third kappa shape index (κ3) is 3.11. The van der Waals surface area contributed by atoms with E-state index in [9.17, 15) is 9.90 Å². The van der Waals surface area contributed by atoms with Gasteiger partial charge in [-0.05, 0) is 79.7 Å². The molecule has 3 nitrogen and oxygen atoms in total. The summed E-state index contributed by atoms with van der Waals surface area (Å²) >= 11 is 0. The van der Waals surface area contributed by atoms with Crippen molar-refractivity contribution in [3.8, 4) is 0 Å². The molecule has 2 aromatic rings. The van der Waals surface area contributed by atoms with Crippen molar-refractivity contribution < 1.29 is 9.90 Å². The second kappa shape index (κ2) is 6.98. The summed E-state index contributed by atoms with van der Waals surface area (Å²) in [7, 11) is 0. The number of aliphatic hydroxyl groups is 1. The van der Waals surface area contributed by atoms with Gasteiger partial charge >= 0.3 is 0 Å². The molecule has 152 valence electrons. The molecule has 0 heterocycles. The first-order valence-corrected chi connectivity index (χ1v) is 11.1. The van der Waals surface area contributed by atoms with Crippen LogP contribution < -0.4 is 5.32 Å². The van der Waals surface area contributed by atoms with Gasteiger partial charge in [-0.1, -0.05) is 60.7 Å². The maximum atomic E-state index is 13.6. The minimum Gasteiger partial charge on any atom is -0.372 e. The summed E-state index contributed by atoms with van der Waals surface area (Å²) < 4.78 is 0. The van der Waals surface area contributed by atoms with E-state index in [1.165, 1.54) is 38.5 Å². The summed E-state index contributed by atoms with van der Waals surface area (Å²) in [4.78, 5) is 13.6. The molecule has 4 saturated carbocycles. The van der Waals surface area contributed by atoms with Gasteiger partial charge in [-0.25, -0.2) is 0 Å². The highest BCUT2D eigenvalue weighted by Crippen LogP contribution is 2.61. The Labute approximate surface area is 173 Å². The molecule has 4 aliphatic rings. The number of benzene rings is 2. The van der Waals surface area contributed by atoms with Crippen LogP contribution in [0.2, 0.25) is 0 Å². The molecule has 2 aromatic carbocycles. The van der Waals surface area contributed by atoms with Crippen LogP contribution in [-0.4, -0.2) is 17.1 Å². The van der Waals surface area contributed by atoms with Crippen LogP contribution in [0, 0.1) is 23.2 Å². The zero-order valence-electron chi connectivity index (χ0n) is 17.2. The number of hydrogen-bond donors (Lipinski definition) is 2. The van der Waals surface area contributed by atoms with Crippen LogP contribution in [0.3, 0.4) is 0 Å². The molecule has 0 aliphatic heterocycles. The Hall–Kier alpha value is -2.13. The van der Waals surface area contributed by atoms with Crippen LogP contribution in [-0.2, 0) is 10.4 Å². The molecule has 2 N–H and O–H groups in total. The van der Waals surface area contributed by atoms with Crippen molar-refractivity contribution in [3.05, 3.63) is 71.8 Å². The molecule has 1 amide bonds. The highest BCUT2D eigenvalue weighted by Gasteiger charge is 2.54. The number of nitrogens with one attached hydrogen (secondary N) is 1. The van der Waals surface area contributed by atoms with E-state index in [1.54, 1.807) is 0 Å². The zero-order valence-corrected chi connectivity index (χ0v) is 17.2. The Morgan fingerprint density at radius 3 is 1.72 bits per heavy atom. The number of rotatable bonds is 5. The van der Waals surface area contributed by atoms with Crippen molar-refractivity contribution in [2.75, 3.05) is 0 Å². The first-order chi connectivity index (χ1) is 14.0. The Bertz CT molecular complexity index is 801. The third-order valence-electron chi connectivity index (χ3n) is 8.06. The first kappa shape index (κ1) is 18.9. The van der Waals surface area contributed by atoms with Crippen molar-refractivity contribution in [3.63, 3.8) is 0 Å². The maximum absolute atomic E-state index is 13.6. The quantitative estimate of drug-likeness (QED) is 0.782. The van der Waals surface area contributed by atoms with Gasteiger partial charge in [0.25, 0.3) is 5.91 Å². The molecule has 1 unspecified atom stereocenters. The predicted octanol–water partition coefficient (Wildman–Crippen LogP) is 4.64. The molecule has 6 rings (SSSR count). The minimum atomic E-state index is -1.68. The van der Waals surface area contributed by atoms with Gasteiger partial charge in [-0.15, -0.1) is 0 Å². The fraction of sp³-hybridized carbons (Fsp3) is 0.500. The number of carbonyl (C=O) groups is 1. The van der Waals surface area contributed by atoms with E-state index >= 15 is 0 Å². The molecule has 4 aliphatic carbocycles. The van der Waals surface area contributed by atoms with Gasteiger partial charge in [-0.2, -0.15) is 0 Å². The predicted molar refractivity (Wildman–Crippen MR) is 114 cm³/mol. The van der Waals surface area contributed by atoms with E-state index in [1.807, 2.05) is 60.7 Å². The fourth-order valence-electron chi connectivity index (χ4n) is 6.95. The van der Waals surface area contributed by atoms with Crippen LogP contribution in [0.25, 0.3) is 0 Å². The molecule has 0 spiro atoms. The average Bonchev–Trinajstić information content (AvgIpc) is 2.73. The highest BCUT2D eigenvalue weighted by molar-refractivity contribution is 5.90. The summed E-state index contributed by atoms with van der Waals surface area (Å²) in [6, 6.07) is 18.7. The number of carbonyl (C=O) groups excluding carboxylic acids is 1. The Morgan fingerprint density at radius 1 is 0.897 bits per heavy atom. The van der Waals surface area contributed by atoms with Crippen LogP contribution in [0.4, 0.5) is 0 Å². The van der Waals surface area contributed by atoms with E-state index in [0.29, 0.717) is 11.1 Å². The summed E-state index contributed by atoms with van der Waals surface area (Å²) in [5, 5.41) is 15.0. The zero-order chi connectivity index (χ0) is 20.1. The lowest BCUT2D eigenvalue weighted by Crippen LogP contribution is -2.58. The van der Waals surface area contributed by atoms with Crippen molar-refractivity contribution in [1.29, 1.82) is 0 Å². The van der Waals surface area contributed by atoms with Crippen LogP contribution in [0.1, 0.15) is 56.6 Å². The SMILES string of the molecule is CC(NC(=O)C(O)(c1ccccc1)c1ccccc1)C12CC3CC(CC(C3)C1)C2. The molecule has 3 heteroatoms. The molecule has 4 bridgehead atoms. The second-order valence-electron chi connectivity index (χ2n) is 9.92. The highest BCUT2D eigenvalue weighted by atomic mass is 16.3. The Morgan fingerprint density at radius 2 is 1.31 bits per heavy atom. The Balaban J connectivity index is 1.44. The van der Waals surface area contributed by atoms with E-state index < -0.39 is 5.60 Å². The van der Waals surface area contributed by atoms with Crippen molar-refractivity contribution in [2.24, 2.45) is 23.2 Å². The van der Waals surface area contributed by atoms with Gasteiger partial charge in [0, 0.05) is 6.04 Å². The van der Waals surface area contributed by atoms with Gasteiger partial charge in [0.05, 0.1) is 0 Å². The van der Waals surface area contributed by atoms with Gasteiger partial charge in [0.15, 0.2) is 5.60 Å². The largest absolute Gasteiger partial charge is 0.372 e. The van der Waals surface area contributed by atoms with Gasteiger partial charge in [0.1, 0.15) is 0 Å². The summed E-state index contributed by atoms with van der Waals surface area (Å²) in [6.45, 7) is 2.17. The Kier molecular flexibility index (Phi) is 4.54. The molecule has 4 fully saturated rings. The van der Waals surface area contributed by atoms with Crippen LogP contribution in [0.15, 0.2) is 60.7 Å².